The molecule has 160 valence electrons. The fourth-order valence-electron chi connectivity index (χ4n) is 2.94. The van der Waals surface area contributed by atoms with Gasteiger partial charge in [-0.25, -0.2) is 9.37 Å². The number of nitrogens with zero attached hydrogens (tertiary/aromatic N) is 6. The smallest absolute Gasteiger partial charge is 0.411 e. The highest BCUT2D eigenvalue weighted by atomic mass is 32.2. The summed E-state index contributed by atoms with van der Waals surface area (Å²) in [6.45, 7) is 0. The van der Waals surface area contributed by atoms with Gasteiger partial charge in [0, 0.05) is 11.1 Å². The van der Waals surface area contributed by atoms with Crippen LogP contribution in [0.25, 0.3) is 28.5 Å². The van der Waals surface area contributed by atoms with Gasteiger partial charge in [0.25, 0.3) is 11.0 Å². The maximum atomic E-state index is 13.7. The molecule has 0 atom stereocenters. The van der Waals surface area contributed by atoms with Crippen molar-refractivity contribution in [1.29, 1.82) is 0 Å². The number of fused-ring (bicyclic) bond motifs is 1. The van der Waals surface area contributed by atoms with Crippen LogP contribution in [0.1, 0.15) is 5.56 Å². The highest BCUT2D eigenvalue weighted by molar-refractivity contribution is 7.99. The lowest BCUT2D eigenvalue weighted by Gasteiger charge is -2.06. The fraction of sp³-hybridized carbons (Fsp3) is 0.0500. The van der Waals surface area contributed by atoms with Gasteiger partial charge in [0.15, 0.2) is 0 Å². The summed E-state index contributed by atoms with van der Waals surface area (Å²) in [5, 5.41) is 12.4. The second-order valence-corrected chi connectivity index (χ2v) is 7.49. The van der Waals surface area contributed by atoms with Gasteiger partial charge < -0.3 is 4.42 Å². The topological polar surface area (TPSA) is 82.0 Å². The van der Waals surface area contributed by atoms with E-state index in [-0.39, 0.29) is 22.5 Å². The minimum Gasteiger partial charge on any atom is -0.411 e. The van der Waals surface area contributed by atoms with Crippen LogP contribution in [0.2, 0.25) is 0 Å². The van der Waals surface area contributed by atoms with Crippen molar-refractivity contribution in [1.82, 2.24) is 29.8 Å². The maximum absolute atomic E-state index is 13.7. The van der Waals surface area contributed by atoms with Gasteiger partial charge in [0.05, 0.1) is 11.3 Å². The maximum Gasteiger partial charge on any atom is 0.416 e. The summed E-state index contributed by atoms with van der Waals surface area (Å²) in [6, 6.07) is 12.2. The van der Waals surface area contributed by atoms with Crippen molar-refractivity contribution < 1.29 is 22.0 Å². The normalized spacial score (nSPS) is 11.9. The monoisotopic (exact) mass is 458 g/mol. The largest absolute Gasteiger partial charge is 0.416 e. The number of aromatic nitrogens is 6. The van der Waals surface area contributed by atoms with E-state index in [2.05, 4.69) is 25.3 Å². The highest BCUT2D eigenvalue weighted by Gasteiger charge is 2.31. The number of halogens is 4. The zero-order chi connectivity index (χ0) is 22.3. The first-order valence-electron chi connectivity index (χ1n) is 9.02. The van der Waals surface area contributed by atoms with Crippen molar-refractivity contribution in [3.63, 3.8) is 0 Å². The van der Waals surface area contributed by atoms with Crippen LogP contribution in [0.3, 0.4) is 0 Å². The van der Waals surface area contributed by atoms with Crippen LogP contribution in [-0.2, 0) is 6.18 Å². The molecular formula is C20H10F4N6OS. The van der Waals surface area contributed by atoms with Gasteiger partial charge in [0.2, 0.25) is 5.89 Å². The molecule has 0 aliphatic carbocycles. The Hall–Kier alpha value is -3.80. The first-order chi connectivity index (χ1) is 15.4. The number of rotatable bonds is 4. The minimum absolute atomic E-state index is 0.0622. The van der Waals surface area contributed by atoms with Gasteiger partial charge in [0.1, 0.15) is 17.2 Å². The van der Waals surface area contributed by atoms with E-state index in [0.29, 0.717) is 16.3 Å². The third kappa shape index (κ3) is 3.91. The number of hydrogen-bond acceptors (Lipinski definition) is 7. The molecule has 7 nitrogen and oxygen atoms in total. The Morgan fingerprint density at radius 3 is 2.56 bits per heavy atom. The van der Waals surface area contributed by atoms with E-state index in [1.807, 2.05) is 0 Å². The molecule has 0 radical (unpaired) electrons. The summed E-state index contributed by atoms with van der Waals surface area (Å²) < 4.78 is 59.6. The van der Waals surface area contributed by atoms with E-state index in [0.717, 1.165) is 23.9 Å². The Kier molecular flexibility index (Phi) is 4.85. The molecule has 0 fully saturated rings. The van der Waals surface area contributed by atoms with Crippen LogP contribution in [-0.4, -0.2) is 29.8 Å². The zero-order valence-corrected chi connectivity index (χ0v) is 16.6. The van der Waals surface area contributed by atoms with Gasteiger partial charge in [-0.15, -0.1) is 10.2 Å². The average Bonchev–Trinajstić information content (AvgIpc) is 3.43. The van der Waals surface area contributed by atoms with Crippen molar-refractivity contribution in [2.75, 3.05) is 0 Å². The molecule has 12 heteroatoms. The highest BCUT2D eigenvalue weighted by Crippen LogP contribution is 2.34. The Balaban J connectivity index is 1.50. The van der Waals surface area contributed by atoms with Crippen LogP contribution < -0.4 is 0 Å². The summed E-state index contributed by atoms with van der Waals surface area (Å²) in [7, 11) is 0. The second kappa shape index (κ2) is 7.71. The summed E-state index contributed by atoms with van der Waals surface area (Å²) in [6.07, 6.45) is -3.18. The van der Waals surface area contributed by atoms with E-state index in [9.17, 15) is 17.6 Å². The first kappa shape index (κ1) is 20.1. The molecule has 5 aromatic rings. The average molecular weight is 458 g/mol. The Labute approximate surface area is 181 Å². The summed E-state index contributed by atoms with van der Waals surface area (Å²) in [5.74, 6) is -0.206. The molecule has 5 rings (SSSR count). The molecule has 0 aliphatic rings. The molecule has 0 saturated carbocycles. The molecule has 0 spiro atoms. The van der Waals surface area contributed by atoms with Crippen molar-refractivity contribution >= 4 is 17.5 Å². The summed E-state index contributed by atoms with van der Waals surface area (Å²) >= 11 is 1.02. The lowest BCUT2D eigenvalue weighted by atomic mass is 10.1. The van der Waals surface area contributed by atoms with Gasteiger partial charge in [-0.1, -0.05) is 18.2 Å². The van der Waals surface area contributed by atoms with Crippen molar-refractivity contribution in [3.05, 3.63) is 72.3 Å². The SMILES string of the molecule is Fc1cccc(-c2cc(Sc3nnc(-c4cccc(C(F)(F)F)c4)o3)n3ncnc3n2)c1. The van der Waals surface area contributed by atoms with Crippen molar-refractivity contribution in [2.24, 2.45) is 0 Å². The van der Waals surface area contributed by atoms with Gasteiger partial charge >= 0.3 is 6.18 Å². The number of benzene rings is 2. The van der Waals surface area contributed by atoms with Crippen LogP contribution in [0.15, 0.2) is 75.6 Å². The van der Waals surface area contributed by atoms with Gasteiger partial charge in [-0.2, -0.15) is 27.8 Å². The van der Waals surface area contributed by atoms with Gasteiger partial charge in [-0.05, 0) is 48.2 Å². The molecule has 0 bridgehead atoms. The lowest BCUT2D eigenvalue weighted by molar-refractivity contribution is -0.137. The molecule has 32 heavy (non-hydrogen) atoms. The minimum atomic E-state index is -4.49. The quantitative estimate of drug-likeness (QED) is 0.272. The predicted molar refractivity (Wildman–Crippen MR) is 105 cm³/mol. The molecule has 0 aliphatic heterocycles. The Morgan fingerprint density at radius 2 is 1.75 bits per heavy atom. The summed E-state index contributed by atoms with van der Waals surface area (Å²) in [5.41, 5.74) is 0.304. The van der Waals surface area contributed by atoms with Crippen molar-refractivity contribution in [3.8, 4) is 22.7 Å². The summed E-state index contributed by atoms with van der Waals surface area (Å²) in [4.78, 5) is 8.45. The van der Waals surface area contributed by atoms with Crippen LogP contribution in [0, 0.1) is 5.82 Å². The Morgan fingerprint density at radius 1 is 0.938 bits per heavy atom. The first-order valence-corrected chi connectivity index (χ1v) is 9.84. The molecule has 0 unspecified atom stereocenters. The molecule has 0 N–H and O–H groups in total. The zero-order valence-electron chi connectivity index (χ0n) is 15.8. The van der Waals surface area contributed by atoms with E-state index in [4.69, 9.17) is 4.42 Å². The predicted octanol–water partition coefficient (Wildman–Crippen LogP) is 5.15. The fourth-order valence-corrected chi connectivity index (χ4v) is 3.71. The second-order valence-electron chi connectivity index (χ2n) is 6.52. The van der Waals surface area contributed by atoms with Crippen LogP contribution >= 0.6 is 11.8 Å². The third-order valence-electron chi connectivity index (χ3n) is 4.37. The lowest BCUT2D eigenvalue weighted by Crippen LogP contribution is -2.04. The third-order valence-corrected chi connectivity index (χ3v) is 5.21. The molecule has 0 amide bonds. The van der Waals surface area contributed by atoms with Crippen LogP contribution in [0.4, 0.5) is 17.6 Å². The van der Waals surface area contributed by atoms with Gasteiger partial charge in [-0.3, -0.25) is 0 Å². The molecule has 3 heterocycles. The number of hydrogen-bond donors (Lipinski definition) is 0. The van der Waals surface area contributed by atoms with Crippen LogP contribution in [0.5, 0.6) is 0 Å². The number of alkyl halides is 3. The van der Waals surface area contributed by atoms with Crippen molar-refractivity contribution in [2.45, 2.75) is 16.4 Å². The van der Waals surface area contributed by atoms with E-state index in [1.165, 1.54) is 35.1 Å². The van der Waals surface area contributed by atoms with E-state index < -0.39 is 17.6 Å². The molecular weight excluding hydrogens is 448 g/mol. The van der Waals surface area contributed by atoms with E-state index >= 15 is 0 Å². The standard InChI is InChI=1S/C20H10F4N6OS/c21-14-6-2-3-11(8-14)15-9-16(30-18(27-15)25-10-26-30)32-19-29-28-17(31-19)12-4-1-5-13(7-12)20(22,23)24/h1-10H. The molecule has 3 aromatic heterocycles. The molecule has 0 saturated heterocycles. The Bertz CT molecular complexity index is 1430. The molecule has 2 aromatic carbocycles. The van der Waals surface area contributed by atoms with E-state index in [1.54, 1.807) is 18.2 Å².